The third-order valence-electron chi connectivity index (χ3n) is 2.42. The van der Waals surface area contributed by atoms with Gasteiger partial charge in [-0.3, -0.25) is 0 Å². The third-order valence-corrected chi connectivity index (χ3v) is 2.42. The van der Waals surface area contributed by atoms with Crippen molar-refractivity contribution in [3.63, 3.8) is 0 Å². The second-order valence-electron chi connectivity index (χ2n) is 3.77. The SMILES string of the molecule is Cc1cc([C@@H](N)C(C)O)cc(C)c1O. The molecule has 0 bridgehead atoms. The summed E-state index contributed by atoms with van der Waals surface area (Å²) in [6.45, 7) is 5.30. The summed E-state index contributed by atoms with van der Waals surface area (Å²) < 4.78 is 0. The fourth-order valence-corrected chi connectivity index (χ4v) is 1.46. The molecule has 1 rings (SSSR count). The molecule has 1 aromatic carbocycles. The van der Waals surface area contributed by atoms with Gasteiger partial charge in [0.1, 0.15) is 5.75 Å². The normalized spacial score (nSPS) is 15.2. The van der Waals surface area contributed by atoms with Crippen LogP contribution in [0.3, 0.4) is 0 Å². The maximum Gasteiger partial charge on any atom is 0.121 e. The minimum Gasteiger partial charge on any atom is -0.507 e. The van der Waals surface area contributed by atoms with Gasteiger partial charge in [0.25, 0.3) is 0 Å². The average Bonchev–Trinajstić information content (AvgIpc) is 2.12. The minimum absolute atomic E-state index is 0.298. The standard InChI is InChI=1S/C11H17NO2/c1-6-4-9(10(12)8(3)13)5-7(2)11(6)14/h4-5,8,10,13-14H,12H2,1-3H3/t8?,10-/m0/s1. The summed E-state index contributed by atoms with van der Waals surface area (Å²) in [6, 6.07) is 3.22. The van der Waals surface area contributed by atoms with Gasteiger partial charge in [0.15, 0.2) is 0 Å². The molecule has 3 nitrogen and oxygen atoms in total. The molecule has 0 aromatic heterocycles. The molecular formula is C11H17NO2. The molecular weight excluding hydrogens is 178 g/mol. The number of aromatic hydroxyl groups is 1. The van der Waals surface area contributed by atoms with Crippen molar-refractivity contribution >= 4 is 0 Å². The zero-order chi connectivity index (χ0) is 10.9. The molecule has 0 heterocycles. The van der Waals surface area contributed by atoms with Gasteiger partial charge < -0.3 is 15.9 Å². The fraction of sp³-hybridized carbons (Fsp3) is 0.455. The summed E-state index contributed by atoms with van der Waals surface area (Å²) in [6.07, 6.45) is -0.585. The summed E-state index contributed by atoms with van der Waals surface area (Å²) in [5, 5.41) is 18.9. The van der Waals surface area contributed by atoms with E-state index in [9.17, 15) is 10.2 Å². The first-order chi connectivity index (χ1) is 6.43. The highest BCUT2D eigenvalue weighted by molar-refractivity contribution is 5.43. The van der Waals surface area contributed by atoms with E-state index >= 15 is 0 Å². The number of phenols is 1. The molecule has 0 radical (unpaired) electrons. The second kappa shape index (κ2) is 3.98. The molecule has 0 aliphatic rings. The average molecular weight is 195 g/mol. The number of benzene rings is 1. The third kappa shape index (κ3) is 2.05. The lowest BCUT2D eigenvalue weighted by atomic mass is 9.98. The van der Waals surface area contributed by atoms with Gasteiger partial charge in [0, 0.05) is 0 Å². The van der Waals surface area contributed by atoms with E-state index in [-0.39, 0.29) is 0 Å². The summed E-state index contributed by atoms with van der Waals surface area (Å²) >= 11 is 0. The molecule has 0 spiro atoms. The van der Waals surface area contributed by atoms with E-state index in [2.05, 4.69) is 0 Å². The van der Waals surface area contributed by atoms with E-state index in [0.29, 0.717) is 5.75 Å². The van der Waals surface area contributed by atoms with Crippen LogP contribution in [0.2, 0.25) is 0 Å². The number of aliphatic hydroxyl groups excluding tert-OH is 1. The Morgan fingerprint density at radius 3 is 2.00 bits per heavy atom. The molecule has 0 fully saturated rings. The van der Waals surface area contributed by atoms with Crippen LogP contribution in [0, 0.1) is 13.8 Å². The largest absolute Gasteiger partial charge is 0.507 e. The number of hydrogen-bond acceptors (Lipinski definition) is 3. The Balaban J connectivity index is 3.12. The summed E-state index contributed by atoms with van der Waals surface area (Å²) in [5.41, 5.74) is 8.22. The van der Waals surface area contributed by atoms with Gasteiger partial charge in [0.05, 0.1) is 12.1 Å². The molecule has 0 aliphatic carbocycles. The maximum absolute atomic E-state index is 9.55. The highest BCUT2D eigenvalue weighted by atomic mass is 16.3. The summed E-state index contributed by atoms with van der Waals surface area (Å²) in [5.74, 6) is 0.298. The van der Waals surface area contributed by atoms with Crippen LogP contribution < -0.4 is 5.73 Å². The molecule has 0 saturated heterocycles. The van der Waals surface area contributed by atoms with Gasteiger partial charge in [-0.1, -0.05) is 12.1 Å². The Morgan fingerprint density at radius 1 is 1.21 bits per heavy atom. The van der Waals surface area contributed by atoms with E-state index in [4.69, 9.17) is 5.73 Å². The number of hydrogen-bond donors (Lipinski definition) is 3. The lowest BCUT2D eigenvalue weighted by molar-refractivity contribution is 0.164. The molecule has 4 N–H and O–H groups in total. The van der Waals surface area contributed by atoms with Crippen LogP contribution in [0.15, 0.2) is 12.1 Å². The first-order valence-corrected chi connectivity index (χ1v) is 4.67. The predicted octanol–water partition coefficient (Wildman–Crippen LogP) is 1.39. The van der Waals surface area contributed by atoms with Gasteiger partial charge in [0.2, 0.25) is 0 Å². The van der Waals surface area contributed by atoms with Crippen molar-refractivity contribution in [1.82, 2.24) is 0 Å². The van der Waals surface area contributed by atoms with Crippen LogP contribution in [0.1, 0.15) is 29.7 Å². The van der Waals surface area contributed by atoms with E-state index in [1.807, 2.05) is 13.8 Å². The molecule has 2 atom stereocenters. The van der Waals surface area contributed by atoms with Gasteiger partial charge in [-0.2, -0.15) is 0 Å². The Bertz CT molecular complexity index is 311. The smallest absolute Gasteiger partial charge is 0.121 e. The van der Waals surface area contributed by atoms with E-state index in [0.717, 1.165) is 16.7 Å². The Labute approximate surface area is 84.2 Å². The van der Waals surface area contributed by atoms with Crippen LogP contribution in [0.5, 0.6) is 5.75 Å². The van der Waals surface area contributed by atoms with E-state index in [1.54, 1.807) is 19.1 Å². The van der Waals surface area contributed by atoms with Crippen molar-refractivity contribution in [3.05, 3.63) is 28.8 Å². The van der Waals surface area contributed by atoms with Crippen LogP contribution in [-0.2, 0) is 0 Å². The maximum atomic E-state index is 9.55. The lowest BCUT2D eigenvalue weighted by Crippen LogP contribution is -2.23. The zero-order valence-corrected chi connectivity index (χ0v) is 8.78. The highest BCUT2D eigenvalue weighted by Gasteiger charge is 2.14. The highest BCUT2D eigenvalue weighted by Crippen LogP contribution is 2.26. The van der Waals surface area contributed by atoms with E-state index < -0.39 is 12.1 Å². The van der Waals surface area contributed by atoms with Crippen LogP contribution in [0.4, 0.5) is 0 Å². The second-order valence-corrected chi connectivity index (χ2v) is 3.77. The van der Waals surface area contributed by atoms with Crippen LogP contribution in [-0.4, -0.2) is 16.3 Å². The van der Waals surface area contributed by atoms with Crippen molar-refractivity contribution < 1.29 is 10.2 Å². The van der Waals surface area contributed by atoms with Gasteiger partial charge >= 0.3 is 0 Å². The number of rotatable bonds is 2. The molecule has 3 heteroatoms. The molecule has 0 aliphatic heterocycles. The number of aryl methyl sites for hydroxylation is 2. The molecule has 0 saturated carbocycles. The van der Waals surface area contributed by atoms with Gasteiger partial charge in [-0.25, -0.2) is 0 Å². The van der Waals surface area contributed by atoms with Crippen molar-refractivity contribution in [2.45, 2.75) is 32.9 Å². The quantitative estimate of drug-likeness (QED) is 0.668. The van der Waals surface area contributed by atoms with Gasteiger partial charge in [-0.15, -0.1) is 0 Å². The first-order valence-electron chi connectivity index (χ1n) is 4.67. The monoisotopic (exact) mass is 195 g/mol. The molecule has 1 aromatic rings. The summed E-state index contributed by atoms with van der Waals surface area (Å²) in [4.78, 5) is 0. The Morgan fingerprint density at radius 2 is 1.64 bits per heavy atom. The lowest BCUT2D eigenvalue weighted by Gasteiger charge is -2.17. The van der Waals surface area contributed by atoms with Crippen LogP contribution >= 0.6 is 0 Å². The number of aliphatic hydroxyl groups is 1. The van der Waals surface area contributed by atoms with Crippen molar-refractivity contribution in [2.24, 2.45) is 5.73 Å². The predicted molar refractivity (Wildman–Crippen MR) is 56.2 cm³/mol. The van der Waals surface area contributed by atoms with Crippen LogP contribution in [0.25, 0.3) is 0 Å². The minimum atomic E-state index is -0.585. The Hall–Kier alpha value is -1.06. The summed E-state index contributed by atoms with van der Waals surface area (Å²) in [7, 11) is 0. The molecule has 1 unspecified atom stereocenters. The topological polar surface area (TPSA) is 66.5 Å². The zero-order valence-electron chi connectivity index (χ0n) is 8.78. The van der Waals surface area contributed by atoms with E-state index in [1.165, 1.54) is 0 Å². The van der Waals surface area contributed by atoms with Crippen molar-refractivity contribution in [3.8, 4) is 5.75 Å². The molecule has 14 heavy (non-hydrogen) atoms. The molecule has 78 valence electrons. The Kier molecular flexibility index (Phi) is 3.13. The molecule has 0 amide bonds. The number of nitrogens with two attached hydrogens (primary N) is 1. The van der Waals surface area contributed by atoms with Crippen molar-refractivity contribution in [2.75, 3.05) is 0 Å². The number of phenolic OH excluding ortho intramolecular Hbond substituents is 1. The van der Waals surface area contributed by atoms with Gasteiger partial charge in [-0.05, 0) is 37.5 Å². The fourth-order valence-electron chi connectivity index (χ4n) is 1.46. The first kappa shape index (κ1) is 11.0. The van der Waals surface area contributed by atoms with Crippen molar-refractivity contribution in [1.29, 1.82) is 0 Å².